The highest BCUT2D eigenvalue weighted by atomic mass is 16.4. The van der Waals surface area contributed by atoms with Gasteiger partial charge in [-0.05, 0) is 19.3 Å². The van der Waals surface area contributed by atoms with E-state index in [1.165, 1.54) is 0 Å². The molecule has 4 heteroatoms. The number of aliphatic hydroxyl groups is 1. The maximum absolute atomic E-state index is 10.7. The molecule has 0 aliphatic heterocycles. The molecule has 0 aromatic heterocycles. The van der Waals surface area contributed by atoms with E-state index in [9.17, 15) is 4.79 Å². The molecular formula is C11H19NO3. The monoisotopic (exact) mass is 213 g/mol. The maximum Gasteiger partial charge on any atom is 0.331 e. The van der Waals surface area contributed by atoms with Gasteiger partial charge in [0.05, 0.1) is 0 Å². The summed E-state index contributed by atoms with van der Waals surface area (Å²) in [5.74, 6) is -0.845. The second-order valence-corrected chi connectivity index (χ2v) is 4.18. The fourth-order valence-electron chi connectivity index (χ4n) is 1.48. The van der Waals surface area contributed by atoms with Gasteiger partial charge >= 0.3 is 5.97 Å². The third-order valence-corrected chi connectivity index (χ3v) is 2.94. The average Bonchev–Trinajstić information content (AvgIpc) is 2.98. The number of aliphatic hydroxyl groups excluding tert-OH is 1. The molecule has 0 radical (unpaired) electrons. The summed E-state index contributed by atoms with van der Waals surface area (Å²) in [6, 6.07) is 0. The van der Waals surface area contributed by atoms with Crippen molar-refractivity contribution in [1.29, 1.82) is 0 Å². The molecule has 1 saturated carbocycles. The SMILES string of the molecule is CCC(=CCNCC1(CO)CC1)C(=O)O. The van der Waals surface area contributed by atoms with Crippen molar-refractivity contribution in [1.82, 2.24) is 5.32 Å². The normalized spacial score (nSPS) is 18.9. The minimum absolute atomic E-state index is 0.0867. The number of carbonyl (C=O) groups is 1. The second-order valence-electron chi connectivity index (χ2n) is 4.18. The van der Waals surface area contributed by atoms with Crippen LogP contribution < -0.4 is 5.32 Å². The van der Waals surface area contributed by atoms with Crippen LogP contribution in [0.2, 0.25) is 0 Å². The van der Waals surface area contributed by atoms with Crippen LogP contribution in [0.15, 0.2) is 11.6 Å². The van der Waals surface area contributed by atoms with Crippen molar-refractivity contribution < 1.29 is 15.0 Å². The van der Waals surface area contributed by atoms with Crippen LogP contribution in [-0.2, 0) is 4.79 Å². The topological polar surface area (TPSA) is 69.6 Å². The van der Waals surface area contributed by atoms with Crippen molar-refractivity contribution in [2.24, 2.45) is 5.41 Å². The van der Waals surface area contributed by atoms with E-state index in [0.29, 0.717) is 18.5 Å². The van der Waals surface area contributed by atoms with Crippen molar-refractivity contribution in [2.75, 3.05) is 19.7 Å². The predicted octanol–water partition coefficient (Wildman–Crippen LogP) is 0.769. The highest BCUT2D eigenvalue weighted by Crippen LogP contribution is 2.44. The summed E-state index contributed by atoms with van der Waals surface area (Å²) < 4.78 is 0. The lowest BCUT2D eigenvalue weighted by molar-refractivity contribution is -0.132. The molecule has 1 rings (SSSR count). The van der Waals surface area contributed by atoms with E-state index in [1.807, 2.05) is 6.92 Å². The van der Waals surface area contributed by atoms with Crippen LogP contribution in [0, 0.1) is 5.41 Å². The second kappa shape index (κ2) is 5.28. The van der Waals surface area contributed by atoms with Gasteiger partial charge in [0.15, 0.2) is 0 Å². The summed E-state index contributed by atoms with van der Waals surface area (Å²) >= 11 is 0. The molecule has 0 saturated heterocycles. The maximum atomic E-state index is 10.7. The molecule has 1 aliphatic rings. The van der Waals surface area contributed by atoms with Crippen molar-refractivity contribution in [3.63, 3.8) is 0 Å². The van der Waals surface area contributed by atoms with E-state index < -0.39 is 5.97 Å². The Labute approximate surface area is 90.0 Å². The van der Waals surface area contributed by atoms with Gasteiger partial charge in [0.1, 0.15) is 0 Å². The Morgan fingerprint density at radius 1 is 1.53 bits per heavy atom. The van der Waals surface area contributed by atoms with Gasteiger partial charge in [0.25, 0.3) is 0 Å². The lowest BCUT2D eigenvalue weighted by atomic mass is 10.1. The average molecular weight is 213 g/mol. The van der Waals surface area contributed by atoms with Crippen LogP contribution in [0.4, 0.5) is 0 Å². The third kappa shape index (κ3) is 3.64. The Bertz CT molecular complexity index is 257. The first kappa shape index (κ1) is 12.2. The molecule has 1 fully saturated rings. The van der Waals surface area contributed by atoms with E-state index in [-0.39, 0.29) is 12.0 Å². The number of nitrogens with one attached hydrogen (secondary N) is 1. The summed E-state index contributed by atoms with van der Waals surface area (Å²) in [5.41, 5.74) is 0.528. The van der Waals surface area contributed by atoms with Crippen LogP contribution in [0.25, 0.3) is 0 Å². The molecule has 0 amide bonds. The van der Waals surface area contributed by atoms with Gasteiger partial charge in [0, 0.05) is 30.7 Å². The van der Waals surface area contributed by atoms with Gasteiger partial charge in [0.2, 0.25) is 0 Å². The number of aliphatic carboxylic acids is 1. The van der Waals surface area contributed by atoms with Crippen LogP contribution in [0.5, 0.6) is 0 Å². The summed E-state index contributed by atoms with van der Waals surface area (Å²) in [5, 5.41) is 21.0. The molecule has 15 heavy (non-hydrogen) atoms. The van der Waals surface area contributed by atoms with Gasteiger partial charge in [-0.1, -0.05) is 13.0 Å². The molecule has 1 aliphatic carbocycles. The molecule has 0 aromatic carbocycles. The van der Waals surface area contributed by atoms with E-state index in [2.05, 4.69) is 5.32 Å². The summed E-state index contributed by atoms with van der Waals surface area (Å²) in [4.78, 5) is 10.7. The molecule has 0 aromatic rings. The van der Waals surface area contributed by atoms with Crippen LogP contribution in [0.1, 0.15) is 26.2 Å². The third-order valence-electron chi connectivity index (χ3n) is 2.94. The largest absolute Gasteiger partial charge is 0.478 e. The van der Waals surface area contributed by atoms with E-state index in [1.54, 1.807) is 6.08 Å². The Morgan fingerprint density at radius 2 is 2.20 bits per heavy atom. The van der Waals surface area contributed by atoms with E-state index in [4.69, 9.17) is 10.2 Å². The first-order valence-electron chi connectivity index (χ1n) is 5.37. The molecule has 4 nitrogen and oxygen atoms in total. The van der Waals surface area contributed by atoms with Crippen molar-refractivity contribution in [2.45, 2.75) is 26.2 Å². The Hall–Kier alpha value is -0.870. The molecule has 0 heterocycles. The Kier molecular flexibility index (Phi) is 4.29. The minimum atomic E-state index is -0.845. The highest BCUT2D eigenvalue weighted by molar-refractivity contribution is 5.86. The summed E-state index contributed by atoms with van der Waals surface area (Å²) in [6.07, 6.45) is 4.39. The van der Waals surface area contributed by atoms with Crippen molar-refractivity contribution in [3.05, 3.63) is 11.6 Å². The van der Waals surface area contributed by atoms with E-state index in [0.717, 1.165) is 19.4 Å². The van der Waals surface area contributed by atoms with Crippen LogP contribution in [-0.4, -0.2) is 35.9 Å². The van der Waals surface area contributed by atoms with E-state index >= 15 is 0 Å². The molecule has 0 bridgehead atoms. The predicted molar refractivity (Wildman–Crippen MR) is 57.6 cm³/mol. The van der Waals surface area contributed by atoms with Gasteiger partial charge in [-0.25, -0.2) is 4.79 Å². The molecule has 0 atom stereocenters. The standard InChI is InChI=1S/C11H19NO3/c1-2-9(10(14)15)3-6-12-7-11(8-13)4-5-11/h3,12-13H,2,4-8H2,1H3,(H,14,15). The zero-order valence-electron chi connectivity index (χ0n) is 9.12. The fraction of sp³-hybridized carbons (Fsp3) is 0.727. The highest BCUT2D eigenvalue weighted by Gasteiger charge is 2.41. The Morgan fingerprint density at radius 3 is 2.60 bits per heavy atom. The molecule has 0 spiro atoms. The molecule has 0 unspecified atom stereocenters. The molecular weight excluding hydrogens is 194 g/mol. The summed E-state index contributed by atoms with van der Waals surface area (Å²) in [6.45, 7) is 3.40. The number of rotatable bonds is 7. The molecule has 3 N–H and O–H groups in total. The van der Waals surface area contributed by atoms with Crippen LogP contribution >= 0.6 is 0 Å². The van der Waals surface area contributed by atoms with Crippen LogP contribution in [0.3, 0.4) is 0 Å². The number of carboxylic acid groups (broad SMARTS) is 1. The zero-order valence-corrected chi connectivity index (χ0v) is 9.12. The number of hydrogen-bond donors (Lipinski definition) is 3. The van der Waals surface area contributed by atoms with Crippen molar-refractivity contribution >= 4 is 5.97 Å². The smallest absolute Gasteiger partial charge is 0.331 e. The quantitative estimate of drug-likeness (QED) is 0.431. The summed E-state index contributed by atoms with van der Waals surface area (Å²) in [7, 11) is 0. The zero-order chi connectivity index (χ0) is 11.3. The van der Waals surface area contributed by atoms with Gasteiger partial charge in [-0.3, -0.25) is 0 Å². The number of hydrogen-bond acceptors (Lipinski definition) is 3. The van der Waals surface area contributed by atoms with Gasteiger partial charge < -0.3 is 15.5 Å². The van der Waals surface area contributed by atoms with Gasteiger partial charge in [-0.2, -0.15) is 0 Å². The first-order valence-corrected chi connectivity index (χ1v) is 5.37. The fourth-order valence-corrected chi connectivity index (χ4v) is 1.48. The van der Waals surface area contributed by atoms with Gasteiger partial charge in [-0.15, -0.1) is 0 Å². The number of carboxylic acids is 1. The lowest BCUT2D eigenvalue weighted by Gasteiger charge is -2.11. The first-order chi connectivity index (χ1) is 7.13. The Balaban J connectivity index is 2.23. The van der Waals surface area contributed by atoms with Crippen molar-refractivity contribution in [3.8, 4) is 0 Å². The minimum Gasteiger partial charge on any atom is -0.478 e. The lowest BCUT2D eigenvalue weighted by Crippen LogP contribution is -2.26. The molecule has 86 valence electrons.